The van der Waals surface area contributed by atoms with E-state index in [0.29, 0.717) is 54.5 Å². The third-order valence-corrected chi connectivity index (χ3v) is 7.10. The van der Waals surface area contributed by atoms with Crippen molar-refractivity contribution in [3.05, 3.63) is 65.1 Å². The normalized spacial score (nSPS) is 13.9. The summed E-state index contributed by atoms with van der Waals surface area (Å²) in [5, 5.41) is 7.42. The van der Waals surface area contributed by atoms with Gasteiger partial charge in [0.1, 0.15) is 11.4 Å². The molecule has 43 heavy (non-hydrogen) atoms. The van der Waals surface area contributed by atoms with Gasteiger partial charge in [-0.3, -0.25) is 5.10 Å². The number of hydrogen-bond acceptors (Lipinski definition) is 7. The number of benzene rings is 2. The summed E-state index contributed by atoms with van der Waals surface area (Å²) in [5.74, 6) is -4.71. The van der Waals surface area contributed by atoms with Gasteiger partial charge in [0.2, 0.25) is 0 Å². The van der Waals surface area contributed by atoms with Crippen molar-refractivity contribution >= 4 is 28.8 Å². The molecule has 1 fully saturated rings. The Morgan fingerprint density at radius 3 is 2.23 bits per heavy atom. The van der Waals surface area contributed by atoms with E-state index in [0.717, 1.165) is 11.8 Å². The SMILES string of the molecule is CCOC(=O)c1c(-c2c(F)ccc(F)c2F)nc2[nH]nc(C)c2c1-c1ccc(N2CCN(C(=O)OC(C)(C)C)CC2)cc1. The zero-order valence-electron chi connectivity index (χ0n) is 24.6. The van der Waals surface area contributed by atoms with E-state index in [1.165, 1.54) is 0 Å². The second-order valence-electron chi connectivity index (χ2n) is 11.2. The second kappa shape index (κ2) is 11.6. The summed E-state index contributed by atoms with van der Waals surface area (Å²) in [6.45, 7) is 10.9. The lowest BCUT2D eigenvalue weighted by Crippen LogP contribution is -2.50. The van der Waals surface area contributed by atoms with Crippen LogP contribution < -0.4 is 4.90 Å². The van der Waals surface area contributed by atoms with Crippen LogP contribution in [-0.2, 0) is 9.47 Å². The number of amides is 1. The maximum Gasteiger partial charge on any atom is 0.410 e. The number of fused-ring (bicyclic) bond motifs is 1. The van der Waals surface area contributed by atoms with E-state index in [-0.39, 0.29) is 23.9 Å². The number of ether oxygens (including phenoxy) is 2. The Bertz CT molecular complexity index is 1690. The summed E-state index contributed by atoms with van der Waals surface area (Å²) in [4.78, 5) is 34.0. The van der Waals surface area contributed by atoms with Crippen molar-refractivity contribution in [1.82, 2.24) is 20.1 Å². The first-order valence-corrected chi connectivity index (χ1v) is 13.9. The number of H-pyrrole nitrogens is 1. The Morgan fingerprint density at radius 2 is 1.60 bits per heavy atom. The van der Waals surface area contributed by atoms with Crippen molar-refractivity contribution in [3.63, 3.8) is 0 Å². The predicted octanol–water partition coefficient (Wildman–Crippen LogP) is 6.25. The standard InChI is InChI=1S/C31H32F3N5O4/c1-6-42-29(40)25-23(22-17(2)36-37-28(22)35-27(25)24-20(32)11-12-21(33)26(24)34)18-7-9-19(10-8-18)38-13-15-39(16-14-38)30(41)43-31(3,4)5/h7-12H,6,13-16H2,1-5H3,(H,35,36,37). The maximum absolute atomic E-state index is 15.1. The minimum atomic E-state index is -1.47. The van der Waals surface area contributed by atoms with E-state index in [2.05, 4.69) is 20.1 Å². The largest absolute Gasteiger partial charge is 0.462 e. The first kappa shape index (κ1) is 29.9. The van der Waals surface area contributed by atoms with E-state index in [1.54, 1.807) is 30.9 Å². The highest BCUT2D eigenvalue weighted by molar-refractivity contribution is 6.11. The number of hydrogen-bond donors (Lipinski definition) is 1. The van der Waals surface area contributed by atoms with Crippen LogP contribution in [0.5, 0.6) is 0 Å². The van der Waals surface area contributed by atoms with E-state index in [9.17, 15) is 14.0 Å². The lowest BCUT2D eigenvalue weighted by Gasteiger charge is -2.36. The molecule has 2 aromatic carbocycles. The Morgan fingerprint density at radius 1 is 0.953 bits per heavy atom. The molecule has 0 atom stereocenters. The number of esters is 1. The third kappa shape index (κ3) is 5.86. The Labute approximate surface area is 246 Å². The van der Waals surface area contributed by atoms with Gasteiger partial charge in [-0.05, 0) is 64.4 Å². The van der Waals surface area contributed by atoms with Crippen molar-refractivity contribution < 1.29 is 32.2 Å². The molecule has 1 aliphatic heterocycles. The summed E-state index contributed by atoms with van der Waals surface area (Å²) in [6.07, 6.45) is -0.354. The Kier molecular flexibility index (Phi) is 8.04. The average Bonchev–Trinajstić information content (AvgIpc) is 3.34. The molecule has 1 aliphatic rings. The van der Waals surface area contributed by atoms with Gasteiger partial charge < -0.3 is 19.3 Å². The van der Waals surface area contributed by atoms with E-state index in [1.807, 2.05) is 32.9 Å². The quantitative estimate of drug-likeness (QED) is 0.215. The topological polar surface area (TPSA) is 101 Å². The van der Waals surface area contributed by atoms with Gasteiger partial charge in [-0.2, -0.15) is 5.10 Å². The smallest absolute Gasteiger partial charge is 0.410 e. The number of carbonyl (C=O) groups is 2. The number of aromatic nitrogens is 3. The first-order valence-electron chi connectivity index (χ1n) is 13.9. The van der Waals surface area contributed by atoms with E-state index in [4.69, 9.17) is 9.47 Å². The highest BCUT2D eigenvalue weighted by atomic mass is 19.2. The number of pyridine rings is 1. The van der Waals surface area contributed by atoms with Gasteiger partial charge in [-0.15, -0.1) is 0 Å². The van der Waals surface area contributed by atoms with Crippen molar-refractivity contribution in [1.29, 1.82) is 0 Å². The van der Waals surface area contributed by atoms with E-state index < -0.39 is 40.3 Å². The van der Waals surface area contributed by atoms with Gasteiger partial charge in [-0.1, -0.05) is 12.1 Å². The number of anilines is 1. The highest BCUT2D eigenvalue weighted by Gasteiger charge is 2.31. The average molecular weight is 596 g/mol. The third-order valence-electron chi connectivity index (χ3n) is 7.10. The number of halogens is 3. The fourth-order valence-electron chi connectivity index (χ4n) is 5.14. The lowest BCUT2D eigenvalue weighted by molar-refractivity contribution is 0.0240. The molecular formula is C31H32F3N5O4. The molecule has 226 valence electrons. The molecule has 1 N–H and O–H groups in total. The number of nitrogens with zero attached hydrogens (tertiary/aromatic N) is 4. The zero-order chi connectivity index (χ0) is 31.1. The summed E-state index contributed by atoms with van der Waals surface area (Å²) < 4.78 is 55.2. The van der Waals surface area contributed by atoms with Crippen LogP contribution in [0.4, 0.5) is 23.7 Å². The summed E-state index contributed by atoms with van der Waals surface area (Å²) >= 11 is 0. The molecule has 5 rings (SSSR count). The fraction of sp³-hybridized carbons (Fsp3) is 0.355. The number of piperazine rings is 1. The lowest BCUT2D eigenvalue weighted by atomic mass is 9.92. The van der Waals surface area contributed by atoms with Gasteiger partial charge in [0.15, 0.2) is 17.3 Å². The number of rotatable bonds is 5. The molecule has 0 aliphatic carbocycles. The molecule has 0 bridgehead atoms. The van der Waals surface area contributed by atoms with Crippen LogP contribution in [0.3, 0.4) is 0 Å². The molecule has 9 nitrogen and oxygen atoms in total. The molecule has 0 unspecified atom stereocenters. The monoisotopic (exact) mass is 595 g/mol. The van der Waals surface area contributed by atoms with Crippen LogP contribution in [-0.4, -0.2) is 70.5 Å². The molecule has 4 aromatic rings. The van der Waals surface area contributed by atoms with Gasteiger partial charge in [0.05, 0.1) is 34.5 Å². The molecule has 12 heteroatoms. The van der Waals surface area contributed by atoms with Crippen LogP contribution in [0.25, 0.3) is 33.4 Å². The second-order valence-corrected chi connectivity index (χ2v) is 11.2. The molecule has 2 aromatic heterocycles. The molecular weight excluding hydrogens is 563 g/mol. The fourth-order valence-corrected chi connectivity index (χ4v) is 5.14. The van der Waals surface area contributed by atoms with E-state index >= 15 is 8.78 Å². The van der Waals surface area contributed by atoms with Crippen molar-refractivity contribution in [2.45, 2.75) is 40.2 Å². The minimum Gasteiger partial charge on any atom is -0.462 e. The van der Waals surface area contributed by atoms with Crippen molar-refractivity contribution in [3.8, 4) is 22.4 Å². The molecule has 0 radical (unpaired) electrons. The number of nitrogens with one attached hydrogen (secondary N) is 1. The van der Waals surface area contributed by atoms with Gasteiger partial charge >= 0.3 is 12.1 Å². The van der Waals surface area contributed by atoms with Crippen LogP contribution in [0.15, 0.2) is 36.4 Å². The van der Waals surface area contributed by atoms with Gasteiger partial charge in [-0.25, -0.2) is 27.7 Å². The molecule has 1 saturated heterocycles. The Hall–Kier alpha value is -4.61. The summed E-state index contributed by atoms with van der Waals surface area (Å²) in [6, 6.07) is 8.73. The molecule has 0 saturated carbocycles. The maximum atomic E-state index is 15.1. The van der Waals surface area contributed by atoms with Crippen molar-refractivity contribution in [2.24, 2.45) is 0 Å². The van der Waals surface area contributed by atoms with Gasteiger partial charge in [0.25, 0.3) is 0 Å². The zero-order valence-corrected chi connectivity index (χ0v) is 24.6. The van der Waals surface area contributed by atoms with Crippen LogP contribution in [0, 0.1) is 24.4 Å². The minimum absolute atomic E-state index is 0.0115. The van der Waals surface area contributed by atoms with Gasteiger partial charge in [0, 0.05) is 37.4 Å². The van der Waals surface area contributed by atoms with Crippen LogP contribution >= 0.6 is 0 Å². The molecule has 1 amide bonds. The highest BCUT2D eigenvalue weighted by Crippen LogP contribution is 2.40. The first-order chi connectivity index (χ1) is 20.4. The summed E-state index contributed by atoms with van der Waals surface area (Å²) in [5.41, 5.74) is 0.411. The predicted molar refractivity (Wildman–Crippen MR) is 155 cm³/mol. The van der Waals surface area contributed by atoms with Crippen LogP contribution in [0.1, 0.15) is 43.7 Å². The molecule has 3 heterocycles. The number of carbonyl (C=O) groups excluding carboxylic acids is 2. The number of aromatic amines is 1. The Balaban J connectivity index is 1.57. The van der Waals surface area contributed by atoms with Crippen LogP contribution in [0.2, 0.25) is 0 Å². The summed E-state index contributed by atoms with van der Waals surface area (Å²) in [7, 11) is 0. The number of aryl methyl sites for hydroxylation is 1. The van der Waals surface area contributed by atoms with Crippen molar-refractivity contribution in [2.75, 3.05) is 37.7 Å². The molecule has 0 spiro atoms.